The van der Waals surface area contributed by atoms with Crippen LogP contribution in [0.2, 0.25) is 0 Å². The van der Waals surface area contributed by atoms with E-state index in [4.69, 9.17) is 5.73 Å². The van der Waals surface area contributed by atoms with Gasteiger partial charge in [-0.25, -0.2) is 4.98 Å². The second kappa shape index (κ2) is 8.93. The van der Waals surface area contributed by atoms with Gasteiger partial charge >= 0.3 is 0 Å². The fourth-order valence-electron chi connectivity index (χ4n) is 3.70. The number of aryl methyl sites for hydroxylation is 1. The first-order chi connectivity index (χ1) is 15.5. The van der Waals surface area contributed by atoms with Crippen LogP contribution < -0.4 is 21.9 Å². The molecular weight excluding hydrogens is 406 g/mol. The van der Waals surface area contributed by atoms with Crippen molar-refractivity contribution in [1.29, 1.82) is 0 Å². The first-order valence-corrected chi connectivity index (χ1v) is 10.3. The number of fused-ring (bicyclic) bond motifs is 1. The van der Waals surface area contributed by atoms with Gasteiger partial charge in [0, 0.05) is 30.9 Å². The average molecular weight is 432 g/mol. The quantitative estimate of drug-likeness (QED) is 0.354. The van der Waals surface area contributed by atoms with E-state index in [-0.39, 0.29) is 23.7 Å². The zero-order valence-electron chi connectivity index (χ0n) is 18.0. The van der Waals surface area contributed by atoms with Crippen molar-refractivity contribution in [2.45, 2.75) is 19.8 Å². The molecule has 2 heterocycles. The van der Waals surface area contributed by atoms with Crippen LogP contribution in [0.5, 0.6) is 0 Å². The molecule has 0 atom stereocenters. The fourth-order valence-corrected chi connectivity index (χ4v) is 3.70. The minimum absolute atomic E-state index is 0.103. The van der Waals surface area contributed by atoms with E-state index in [1.54, 1.807) is 36.9 Å². The highest BCUT2D eigenvalue weighted by Crippen LogP contribution is 2.28. The number of hydrogen-bond acceptors (Lipinski definition) is 6. The third kappa shape index (κ3) is 4.04. The summed E-state index contributed by atoms with van der Waals surface area (Å²) in [6.07, 6.45) is 2.49. The summed E-state index contributed by atoms with van der Waals surface area (Å²) in [6, 6.07) is 13.6. The number of carbonyl (C=O) groups is 1. The van der Waals surface area contributed by atoms with Crippen molar-refractivity contribution in [3.8, 4) is 5.69 Å². The molecule has 0 fully saturated rings. The Morgan fingerprint density at radius 1 is 1.19 bits per heavy atom. The molecule has 0 saturated carbocycles. The monoisotopic (exact) mass is 431 g/mol. The molecule has 0 unspecified atom stereocenters. The summed E-state index contributed by atoms with van der Waals surface area (Å²) in [5.74, 6) is 0.398. The third-order valence-electron chi connectivity index (χ3n) is 5.37. The molecule has 164 valence electrons. The van der Waals surface area contributed by atoms with E-state index >= 15 is 0 Å². The highest BCUT2D eigenvalue weighted by molar-refractivity contribution is 5.96. The van der Waals surface area contributed by atoms with Crippen LogP contribution >= 0.6 is 0 Å². The topological polar surface area (TPSA) is 131 Å². The Kier molecular flexibility index (Phi) is 5.89. The van der Waals surface area contributed by atoms with Gasteiger partial charge in [0.05, 0.1) is 17.6 Å². The SMILES string of the molecule is CNC(=O)Cc1ccc2c(N)n[nH]c2c1-n1c(C)cnc(NCCc2ccccc2)c1=O. The first-order valence-electron chi connectivity index (χ1n) is 10.3. The van der Waals surface area contributed by atoms with Crippen LogP contribution in [0.25, 0.3) is 16.6 Å². The van der Waals surface area contributed by atoms with Crippen LogP contribution in [0.3, 0.4) is 0 Å². The van der Waals surface area contributed by atoms with E-state index in [0.717, 1.165) is 12.0 Å². The second-order valence-electron chi connectivity index (χ2n) is 7.51. The van der Waals surface area contributed by atoms with E-state index in [1.165, 1.54) is 0 Å². The van der Waals surface area contributed by atoms with Gasteiger partial charge in [-0.1, -0.05) is 36.4 Å². The Morgan fingerprint density at radius 2 is 1.97 bits per heavy atom. The number of anilines is 2. The largest absolute Gasteiger partial charge is 0.382 e. The molecule has 0 aliphatic carbocycles. The lowest BCUT2D eigenvalue weighted by Crippen LogP contribution is -2.28. The first kappa shape index (κ1) is 21.1. The fraction of sp³-hybridized carbons (Fsp3) is 0.217. The lowest BCUT2D eigenvalue weighted by Gasteiger charge is -2.17. The van der Waals surface area contributed by atoms with Crippen LogP contribution in [0, 0.1) is 6.92 Å². The van der Waals surface area contributed by atoms with Gasteiger partial charge in [-0.05, 0) is 30.5 Å². The smallest absolute Gasteiger partial charge is 0.298 e. The molecule has 2 aromatic heterocycles. The number of H-pyrrole nitrogens is 1. The van der Waals surface area contributed by atoms with Crippen molar-refractivity contribution in [2.24, 2.45) is 0 Å². The number of carbonyl (C=O) groups excluding carboxylic acids is 1. The molecule has 9 heteroatoms. The van der Waals surface area contributed by atoms with Crippen molar-refractivity contribution in [1.82, 2.24) is 25.1 Å². The number of rotatable bonds is 7. The van der Waals surface area contributed by atoms with Crippen molar-refractivity contribution in [3.63, 3.8) is 0 Å². The molecule has 4 aromatic rings. The summed E-state index contributed by atoms with van der Waals surface area (Å²) in [6.45, 7) is 2.35. The number of nitrogens with one attached hydrogen (secondary N) is 3. The van der Waals surface area contributed by atoms with Crippen LogP contribution in [0.1, 0.15) is 16.8 Å². The van der Waals surface area contributed by atoms with Crippen molar-refractivity contribution < 1.29 is 4.79 Å². The average Bonchev–Trinajstić information content (AvgIpc) is 3.18. The van der Waals surface area contributed by atoms with E-state index in [1.807, 2.05) is 30.3 Å². The van der Waals surface area contributed by atoms with Crippen molar-refractivity contribution in [2.75, 3.05) is 24.6 Å². The minimum atomic E-state index is -0.308. The molecule has 0 aliphatic rings. The van der Waals surface area contributed by atoms with Crippen molar-refractivity contribution in [3.05, 3.63) is 75.8 Å². The van der Waals surface area contributed by atoms with Crippen LogP contribution in [-0.4, -0.2) is 39.2 Å². The summed E-state index contributed by atoms with van der Waals surface area (Å²) in [5.41, 5.74) is 9.29. The molecule has 2 aromatic carbocycles. The molecule has 0 radical (unpaired) electrons. The molecule has 5 N–H and O–H groups in total. The van der Waals surface area contributed by atoms with E-state index in [9.17, 15) is 9.59 Å². The summed E-state index contributed by atoms with van der Waals surface area (Å²) in [5, 5.41) is 13.5. The molecule has 1 amide bonds. The van der Waals surface area contributed by atoms with E-state index in [2.05, 4.69) is 25.8 Å². The van der Waals surface area contributed by atoms with Gasteiger partial charge in [-0.2, -0.15) is 5.10 Å². The zero-order chi connectivity index (χ0) is 22.7. The number of nitrogens with zero attached hydrogens (tertiary/aromatic N) is 3. The highest BCUT2D eigenvalue weighted by atomic mass is 16.1. The standard InChI is InChI=1S/C23H25N7O2/c1-14-13-27-22(26-11-10-15-6-4-3-5-7-15)23(32)30(14)20-16(12-18(31)25-2)8-9-17-19(20)28-29-21(17)24/h3-9,13H,10-12H2,1-2H3,(H,25,31)(H,26,27)(H3,24,28,29). The molecule has 4 rings (SSSR count). The molecule has 32 heavy (non-hydrogen) atoms. The number of hydrogen-bond donors (Lipinski definition) is 4. The summed E-state index contributed by atoms with van der Waals surface area (Å²) >= 11 is 0. The lowest BCUT2D eigenvalue weighted by atomic mass is 10.1. The summed E-state index contributed by atoms with van der Waals surface area (Å²) < 4.78 is 1.55. The number of amides is 1. The summed E-state index contributed by atoms with van der Waals surface area (Å²) in [7, 11) is 1.58. The van der Waals surface area contributed by atoms with Gasteiger partial charge < -0.3 is 16.4 Å². The molecule has 0 saturated heterocycles. The molecule has 0 bridgehead atoms. The van der Waals surface area contributed by atoms with E-state index < -0.39 is 0 Å². The summed E-state index contributed by atoms with van der Waals surface area (Å²) in [4.78, 5) is 29.9. The van der Waals surface area contributed by atoms with Gasteiger partial charge in [0.2, 0.25) is 5.91 Å². The molecule has 0 spiro atoms. The predicted octanol–water partition coefficient (Wildman–Crippen LogP) is 1.94. The van der Waals surface area contributed by atoms with Crippen molar-refractivity contribution >= 4 is 28.4 Å². The Balaban J connectivity index is 1.77. The minimum Gasteiger partial charge on any atom is -0.382 e. The maximum absolute atomic E-state index is 13.5. The van der Waals surface area contributed by atoms with Gasteiger partial charge in [0.25, 0.3) is 5.56 Å². The number of nitrogen functional groups attached to an aromatic ring is 1. The lowest BCUT2D eigenvalue weighted by molar-refractivity contribution is -0.119. The Morgan fingerprint density at radius 3 is 2.72 bits per heavy atom. The van der Waals surface area contributed by atoms with Crippen LogP contribution in [-0.2, 0) is 17.6 Å². The van der Waals surface area contributed by atoms with Crippen LogP contribution in [0.15, 0.2) is 53.5 Å². The Hall–Kier alpha value is -4.14. The molecule has 0 aliphatic heterocycles. The number of nitrogens with two attached hydrogens (primary N) is 1. The number of aromatic amines is 1. The molecular formula is C23H25N7O2. The number of aromatic nitrogens is 4. The maximum Gasteiger partial charge on any atom is 0.298 e. The second-order valence-corrected chi connectivity index (χ2v) is 7.51. The predicted molar refractivity (Wildman–Crippen MR) is 125 cm³/mol. The molecule has 9 nitrogen and oxygen atoms in total. The normalized spacial score (nSPS) is 10.9. The van der Waals surface area contributed by atoms with Gasteiger partial charge in [-0.3, -0.25) is 19.3 Å². The zero-order valence-corrected chi connectivity index (χ0v) is 18.0. The maximum atomic E-state index is 13.5. The Bertz CT molecular complexity index is 1330. The third-order valence-corrected chi connectivity index (χ3v) is 5.37. The van der Waals surface area contributed by atoms with E-state index in [0.29, 0.717) is 40.2 Å². The number of likely N-dealkylation sites (N-methyl/N-ethyl adjacent to an activating group) is 1. The van der Waals surface area contributed by atoms with Crippen LogP contribution in [0.4, 0.5) is 11.6 Å². The van der Waals surface area contributed by atoms with Gasteiger partial charge in [-0.15, -0.1) is 0 Å². The van der Waals surface area contributed by atoms with Gasteiger partial charge in [0.1, 0.15) is 0 Å². The van der Waals surface area contributed by atoms with Gasteiger partial charge in [0.15, 0.2) is 11.6 Å². The Labute approximate surface area is 184 Å². The highest BCUT2D eigenvalue weighted by Gasteiger charge is 2.19. The number of benzene rings is 2.